The number of amides is 2. The zero-order chi connectivity index (χ0) is 15.4. The van der Waals surface area contributed by atoms with Crippen LogP contribution < -0.4 is 5.32 Å². The molecular formula is C13H20N2O6. The van der Waals surface area contributed by atoms with Gasteiger partial charge in [-0.15, -0.1) is 0 Å². The van der Waals surface area contributed by atoms with E-state index in [2.05, 4.69) is 5.32 Å². The van der Waals surface area contributed by atoms with Gasteiger partial charge in [-0.25, -0.2) is 4.79 Å². The highest BCUT2D eigenvalue weighted by Gasteiger charge is 2.36. The largest absolute Gasteiger partial charge is 0.479 e. The summed E-state index contributed by atoms with van der Waals surface area (Å²) in [5.74, 6) is -1.67. The quantitative estimate of drug-likeness (QED) is 0.688. The van der Waals surface area contributed by atoms with Crippen LogP contribution in [0.2, 0.25) is 0 Å². The number of morpholine rings is 1. The predicted octanol–water partition coefficient (Wildman–Crippen LogP) is -1.02. The molecule has 8 heteroatoms. The lowest BCUT2D eigenvalue weighted by atomic mass is 10.1. The van der Waals surface area contributed by atoms with Crippen LogP contribution in [-0.2, 0) is 23.9 Å². The number of rotatable bonds is 4. The van der Waals surface area contributed by atoms with Crippen molar-refractivity contribution in [2.75, 3.05) is 26.3 Å². The Labute approximate surface area is 122 Å². The molecule has 2 N–H and O–H groups in total. The molecule has 0 radical (unpaired) electrons. The monoisotopic (exact) mass is 300 g/mol. The molecule has 2 heterocycles. The van der Waals surface area contributed by atoms with Crippen molar-refractivity contribution in [1.29, 1.82) is 0 Å². The summed E-state index contributed by atoms with van der Waals surface area (Å²) in [6.45, 7) is 3.64. The average Bonchev–Trinajstić information content (AvgIpc) is 2.97. The summed E-state index contributed by atoms with van der Waals surface area (Å²) >= 11 is 0. The first-order valence-electron chi connectivity index (χ1n) is 7.04. The zero-order valence-electron chi connectivity index (χ0n) is 11.9. The van der Waals surface area contributed by atoms with Gasteiger partial charge in [0.05, 0.1) is 13.2 Å². The van der Waals surface area contributed by atoms with Crippen molar-refractivity contribution in [2.45, 2.75) is 38.0 Å². The van der Waals surface area contributed by atoms with Crippen molar-refractivity contribution in [3.8, 4) is 0 Å². The van der Waals surface area contributed by atoms with Gasteiger partial charge in [-0.2, -0.15) is 0 Å². The number of ether oxygens (including phenoxy) is 2. The van der Waals surface area contributed by atoms with Gasteiger partial charge in [0.15, 0.2) is 6.10 Å². The van der Waals surface area contributed by atoms with Crippen molar-refractivity contribution in [2.24, 2.45) is 0 Å². The second-order valence-electron chi connectivity index (χ2n) is 5.20. The molecule has 0 aliphatic carbocycles. The summed E-state index contributed by atoms with van der Waals surface area (Å²) in [6, 6.07) is -0.664. The fraction of sp³-hybridized carbons (Fsp3) is 0.769. The first-order valence-corrected chi connectivity index (χ1v) is 7.04. The summed E-state index contributed by atoms with van der Waals surface area (Å²) < 4.78 is 10.3. The van der Waals surface area contributed by atoms with E-state index in [0.717, 1.165) is 0 Å². The molecule has 2 fully saturated rings. The molecule has 0 aromatic rings. The molecule has 0 aromatic heterocycles. The average molecular weight is 300 g/mol. The van der Waals surface area contributed by atoms with Crippen LogP contribution >= 0.6 is 0 Å². The van der Waals surface area contributed by atoms with E-state index in [1.54, 1.807) is 11.8 Å². The topological polar surface area (TPSA) is 105 Å². The molecule has 3 atom stereocenters. The minimum Gasteiger partial charge on any atom is -0.479 e. The fourth-order valence-corrected chi connectivity index (χ4v) is 2.44. The fourth-order valence-electron chi connectivity index (χ4n) is 2.44. The lowest BCUT2D eigenvalue weighted by Gasteiger charge is -2.29. The molecule has 2 saturated heterocycles. The first kappa shape index (κ1) is 15.7. The van der Waals surface area contributed by atoms with E-state index in [1.165, 1.54) is 0 Å². The molecule has 8 nitrogen and oxygen atoms in total. The van der Waals surface area contributed by atoms with E-state index in [0.29, 0.717) is 39.1 Å². The number of hydrogen-bond donors (Lipinski definition) is 2. The van der Waals surface area contributed by atoms with Crippen LogP contribution in [0, 0.1) is 0 Å². The van der Waals surface area contributed by atoms with Gasteiger partial charge in [0.1, 0.15) is 12.1 Å². The third-order valence-electron chi connectivity index (χ3n) is 3.64. The molecule has 0 bridgehead atoms. The van der Waals surface area contributed by atoms with Gasteiger partial charge in [0, 0.05) is 13.1 Å². The van der Waals surface area contributed by atoms with Crippen molar-refractivity contribution in [1.82, 2.24) is 10.2 Å². The van der Waals surface area contributed by atoms with Crippen LogP contribution in [0.3, 0.4) is 0 Å². The number of aliphatic carboxylic acids is 1. The molecule has 2 aliphatic rings. The Bertz CT molecular complexity index is 421. The van der Waals surface area contributed by atoms with Crippen LogP contribution in [0.5, 0.6) is 0 Å². The number of carbonyl (C=O) groups is 3. The Balaban J connectivity index is 1.81. The minimum absolute atomic E-state index is 0.167. The van der Waals surface area contributed by atoms with Crippen molar-refractivity contribution in [3.63, 3.8) is 0 Å². The Morgan fingerprint density at radius 1 is 1.19 bits per heavy atom. The number of carboxylic acid groups (broad SMARTS) is 1. The Kier molecular flexibility index (Phi) is 5.13. The summed E-state index contributed by atoms with van der Waals surface area (Å²) in [5.41, 5.74) is 0. The lowest BCUT2D eigenvalue weighted by Crippen LogP contribution is -2.52. The maximum Gasteiger partial charge on any atom is 0.332 e. The highest BCUT2D eigenvalue weighted by Crippen LogP contribution is 2.20. The van der Waals surface area contributed by atoms with Crippen molar-refractivity contribution < 1.29 is 29.0 Å². The third-order valence-corrected chi connectivity index (χ3v) is 3.64. The highest BCUT2D eigenvalue weighted by atomic mass is 16.5. The molecular weight excluding hydrogens is 280 g/mol. The summed E-state index contributed by atoms with van der Waals surface area (Å²) in [4.78, 5) is 36.5. The first-order chi connectivity index (χ1) is 9.99. The van der Waals surface area contributed by atoms with E-state index >= 15 is 0 Å². The Morgan fingerprint density at radius 2 is 1.81 bits per heavy atom. The smallest absolute Gasteiger partial charge is 0.332 e. The Hall–Kier alpha value is -1.67. The molecule has 0 saturated carbocycles. The predicted molar refractivity (Wildman–Crippen MR) is 70.5 cm³/mol. The van der Waals surface area contributed by atoms with Crippen molar-refractivity contribution >= 4 is 17.8 Å². The van der Waals surface area contributed by atoms with E-state index in [1.807, 2.05) is 0 Å². The van der Waals surface area contributed by atoms with Crippen LogP contribution in [-0.4, -0.2) is 72.3 Å². The van der Waals surface area contributed by atoms with Gasteiger partial charge in [-0.1, -0.05) is 0 Å². The van der Waals surface area contributed by atoms with Gasteiger partial charge < -0.3 is 24.8 Å². The van der Waals surface area contributed by atoms with Gasteiger partial charge in [-0.05, 0) is 19.8 Å². The van der Waals surface area contributed by atoms with Gasteiger partial charge >= 0.3 is 5.97 Å². The molecule has 21 heavy (non-hydrogen) atoms. The van der Waals surface area contributed by atoms with E-state index in [-0.39, 0.29) is 5.91 Å². The maximum atomic E-state index is 12.1. The van der Waals surface area contributed by atoms with Crippen molar-refractivity contribution in [3.05, 3.63) is 0 Å². The summed E-state index contributed by atoms with van der Waals surface area (Å²) in [7, 11) is 0. The standard InChI is InChI=1S/C13H20N2O6/c1-8(12(17)15-4-6-20-7-5-15)14-11(16)9-2-3-10(21-9)13(18)19/h8-10H,2-7H2,1H3,(H,14,16)(H,18,19)/t8?,9-,10+/m0/s1. The molecule has 2 rings (SSSR count). The van der Waals surface area contributed by atoms with Crippen LogP contribution in [0.4, 0.5) is 0 Å². The number of carboxylic acids is 1. The molecule has 2 aliphatic heterocycles. The third kappa shape index (κ3) is 3.92. The van der Waals surface area contributed by atoms with Crippen LogP contribution in [0.15, 0.2) is 0 Å². The van der Waals surface area contributed by atoms with E-state index < -0.39 is 30.1 Å². The number of hydrogen-bond acceptors (Lipinski definition) is 5. The molecule has 118 valence electrons. The minimum atomic E-state index is -1.07. The van der Waals surface area contributed by atoms with Crippen LogP contribution in [0.25, 0.3) is 0 Å². The zero-order valence-corrected chi connectivity index (χ0v) is 11.9. The van der Waals surface area contributed by atoms with E-state index in [4.69, 9.17) is 14.6 Å². The number of carbonyl (C=O) groups excluding carboxylic acids is 2. The SMILES string of the molecule is CC(NC(=O)[C@@H]1CC[C@H](C(=O)O)O1)C(=O)N1CCOCC1. The summed E-state index contributed by atoms with van der Waals surface area (Å²) in [6.07, 6.45) is -1.09. The number of nitrogens with zero attached hydrogens (tertiary/aromatic N) is 1. The van der Waals surface area contributed by atoms with Gasteiger partial charge in [-0.3, -0.25) is 9.59 Å². The van der Waals surface area contributed by atoms with Gasteiger partial charge in [0.2, 0.25) is 11.8 Å². The van der Waals surface area contributed by atoms with E-state index in [9.17, 15) is 14.4 Å². The molecule has 0 spiro atoms. The molecule has 1 unspecified atom stereocenters. The second kappa shape index (κ2) is 6.86. The Morgan fingerprint density at radius 3 is 2.38 bits per heavy atom. The lowest BCUT2D eigenvalue weighted by molar-refractivity contribution is -0.152. The number of nitrogens with one attached hydrogen (secondary N) is 1. The van der Waals surface area contributed by atoms with Crippen LogP contribution in [0.1, 0.15) is 19.8 Å². The summed E-state index contributed by atoms with van der Waals surface area (Å²) in [5, 5.41) is 11.4. The second-order valence-corrected chi connectivity index (χ2v) is 5.20. The normalized spacial score (nSPS) is 27.2. The molecule has 0 aromatic carbocycles. The maximum absolute atomic E-state index is 12.1. The molecule has 2 amide bonds. The highest BCUT2D eigenvalue weighted by molar-refractivity contribution is 5.89. The van der Waals surface area contributed by atoms with Gasteiger partial charge in [0.25, 0.3) is 0 Å².